The quantitative estimate of drug-likeness (QED) is 0.793. The third-order valence-corrected chi connectivity index (χ3v) is 3.07. The Bertz CT molecular complexity index is 611. The average Bonchev–Trinajstić information content (AvgIpc) is 2.47. The zero-order chi connectivity index (χ0) is 11.9. The third-order valence-electron chi connectivity index (χ3n) is 1.89. The van der Waals surface area contributed by atoms with Crippen LogP contribution in [0.2, 0.25) is 5.02 Å². The summed E-state index contributed by atoms with van der Waals surface area (Å²) in [5, 5.41) is 4.87. The van der Waals surface area contributed by atoms with Crippen LogP contribution in [0.5, 0.6) is 0 Å². The number of H-pyrrole nitrogens is 2. The largest absolute Gasteiger partial charge is 0.347 e. The van der Waals surface area contributed by atoms with E-state index in [1.54, 1.807) is 0 Å². The summed E-state index contributed by atoms with van der Waals surface area (Å²) in [5.74, 6) is -0.501. The second kappa shape index (κ2) is 4.15. The molecule has 16 heavy (non-hydrogen) atoms. The Hall–Kier alpha value is -0.920. The standard InChI is InChI=1S/C8H4BrClFN3OS/c9-4-1-3(11)2-5(10)6(4)14-7(15)12-13-8(14)16/h1-2H,(H,12,15)(H,13,16). The van der Waals surface area contributed by atoms with Gasteiger partial charge >= 0.3 is 5.69 Å². The fourth-order valence-corrected chi connectivity index (χ4v) is 2.50. The minimum atomic E-state index is -0.501. The van der Waals surface area contributed by atoms with Gasteiger partial charge in [-0.15, -0.1) is 0 Å². The second-order valence-corrected chi connectivity index (χ2v) is 4.56. The number of aromatic amines is 2. The van der Waals surface area contributed by atoms with E-state index in [9.17, 15) is 9.18 Å². The summed E-state index contributed by atoms with van der Waals surface area (Å²) < 4.78 is 14.6. The van der Waals surface area contributed by atoms with Gasteiger partial charge in [0, 0.05) is 4.47 Å². The van der Waals surface area contributed by atoms with Crippen LogP contribution in [-0.2, 0) is 0 Å². The van der Waals surface area contributed by atoms with Crippen LogP contribution in [0.1, 0.15) is 0 Å². The molecule has 0 fully saturated rings. The molecule has 0 saturated carbocycles. The van der Waals surface area contributed by atoms with E-state index >= 15 is 0 Å². The minimum absolute atomic E-state index is 0.0908. The maximum atomic E-state index is 13.0. The van der Waals surface area contributed by atoms with Crippen molar-refractivity contribution in [1.82, 2.24) is 14.8 Å². The van der Waals surface area contributed by atoms with Gasteiger partial charge in [0.2, 0.25) is 4.77 Å². The number of benzene rings is 1. The maximum absolute atomic E-state index is 13.0. The fraction of sp³-hybridized carbons (Fsp3) is 0. The van der Waals surface area contributed by atoms with Gasteiger partial charge in [0.25, 0.3) is 0 Å². The Labute approximate surface area is 107 Å². The van der Waals surface area contributed by atoms with Crippen molar-refractivity contribution in [2.75, 3.05) is 0 Å². The van der Waals surface area contributed by atoms with E-state index in [0.717, 1.165) is 10.6 Å². The molecule has 0 spiro atoms. The Kier molecular flexibility index (Phi) is 3.00. The first-order valence-electron chi connectivity index (χ1n) is 4.05. The summed E-state index contributed by atoms with van der Waals surface area (Å²) in [7, 11) is 0. The molecule has 1 aromatic heterocycles. The van der Waals surface area contributed by atoms with Crippen molar-refractivity contribution in [1.29, 1.82) is 0 Å². The topological polar surface area (TPSA) is 53.6 Å². The van der Waals surface area contributed by atoms with Crippen LogP contribution in [0.25, 0.3) is 5.69 Å². The van der Waals surface area contributed by atoms with E-state index in [4.69, 9.17) is 23.8 Å². The highest BCUT2D eigenvalue weighted by Gasteiger charge is 2.13. The lowest BCUT2D eigenvalue weighted by atomic mass is 10.3. The van der Waals surface area contributed by atoms with E-state index in [2.05, 4.69) is 26.1 Å². The van der Waals surface area contributed by atoms with Crippen LogP contribution in [0.15, 0.2) is 21.4 Å². The summed E-state index contributed by atoms with van der Waals surface area (Å²) in [6, 6.07) is 2.31. The number of rotatable bonds is 1. The van der Waals surface area contributed by atoms with Crippen LogP contribution < -0.4 is 5.69 Å². The van der Waals surface area contributed by atoms with E-state index in [1.807, 2.05) is 0 Å². The molecule has 84 valence electrons. The van der Waals surface area contributed by atoms with Crippen molar-refractivity contribution in [2.45, 2.75) is 0 Å². The first-order valence-corrected chi connectivity index (χ1v) is 5.63. The summed E-state index contributed by atoms with van der Waals surface area (Å²) in [5.41, 5.74) is -0.172. The number of aromatic nitrogens is 3. The number of nitrogens with one attached hydrogen (secondary N) is 2. The van der Waals surface area contributed by atoms with Crippen molar-refractivity contribution < 1.29 is 4.39 Å². The van der Waals surface area contributed by atoms with Gasteiger partial charge in [0.1, 0.15) is 5.82 Å². The molecule has 0 bridgehead atoms. The van der Waals surface area contributed by atoms with E-state index in [-0.39, 0.29) is 9.79 Å². The molecule has 0 aliphatic rings. The number of halogens is 3. The van der Waals surface area contributed by atoms with Gasteiger partial charge in [-0.3, -0.25) is 5.10 Å². The zero-order valence-electron chi connectivity index (χ0n) is 7.55. The van der Waals surface area contributed by atoms with Crippen LogP contribution in [0.3, 0.4) is 0 Å². The van der Waals surface area contributed by atoms with Gasteiger partial charge in [-0.1, -0.05) is 11.6 Å². The number of hydrogen-bond donors (Lipinski definition) is 2. The molecular formula is C8H4BrClFN3OS. The van der Waals surface area contributed by atoms with Gasteiger partial charge in [0.15, 0.2) is 0 Å². The molecule has 0 radical (unpaired) electrons. The molecule has 8 heteroatoms. The van der Waals surface area contributed by atoms with Crippen LogP contribution in [0, 0.1) is 10.6 Å². The summed E-state index contributed by atoms with van der Waals surface area (Å²) in [4.78, 5) is 11.5. The number of nitrogens with zero attached hydrogens (tertiary/aromatic N) is 1. The van der Waals surface area contributed by atoms with Crippen molar-refractivity contribution in [3.8, 4) is 5.69 Å². The first-order chi connectivity index (χ1) is 7.50. The predicted octanol–water partition coefficient (Wildman–Crippen LogP) is 2.78. The van der Waals surface area contributed by atoms with Crippen LogP contribution in [-0.4, -0.2) is 14.8 Å². The average molecular weight is 325 g/mol. The highest BCUT2D eigenvalue weighted by Crippen LogP contribution is 2.29. The van der Waals surface area contributed by atoms with Gasteiger partial charge < -0.3 is 0 Å². The molecule has 1 aromatic carbocycles. The molecule has 0 saturated heterocycles. The van der Waals surface area contributed by atoms with Crippen LogP contribution in [0.4, 0.5) is 4.39 Å². The molecule has 1 heterocycles. The SMILES string of the molecule is O=c1[nH][nH]c(=S)n1-c1c(Cl)cc(F)cc1Br. The Morgan fingerprint density at radius 2 is 2.12 bits per heavy atom. The molecule has 0 atom stereocenters. The van der Waals surface area contributed by atoms with Crippen molar-refractivity contribution in [3.63, 3.8) is 0 Å². The van der Waals surface area contributed by atoms with Crippen molar-refractivity contribution in [3.05, 3.63) is 42.7 Å². The minimum Gasteiger partial charge on any atom is -0.272 e. The summed E-state index contributed by atoms with van der Waals surface area (Å²) in [6.07, 6.45) is 0. The molecule has 0 unspecified atom stereocenters. The molecule has 2 aromatic rings. The lowest BCUT2D eigenvalue weighted by Gasteiger charge is -2.06. The van der Waals surface area contributed by atoms with Gasteiger partial charge in [-0.25, -0.2) is 18.9 Å². The lowest BCUT2D eigenvalue weighted by Crippen LogP contribution is -2.15. The van der Waals surface area contributed by atoms with Gasteiger partial charge in [-0.05, 0) is 40.3 Å². The highest BCUT2D eigenvalue weighted by atomic mass is 79.9. The van der Waals surface area contributed by atoms with Gasteiger partial charge in [0.05, 0.1) is 10.7 Å². The van der Waals surface area contributed by atoms with Crippen molar-refractivity contribution in [2.24, 2.45) is 0 Å². The van der Waals surface area contributed by atoms with Gasteiger partial charge in [-0.2, -0.15) is 0 Å². The van der Waals surface area contributed by atoms with E-state index in [0.29, 0.717) is 10.2 Å². The Morgan fingerprint density at radius 1 is 1.44 bits per heavy atom. The van der Waals surface area contributed by atoms with E-state index < -0.39 is 11.5 Å². The predicted molar refractivity (Wildman–Crippen MR) is 64.2 cm³/mol. The smallest absolute Gasteiger partial charge is 0.272 e. The monoisotopic (exact) mass is 323 g/mol. The Balaban J connectivity index is 2.85. The third kappa shape index (κ3) is 1.85. The molecule has 0 amide bonds. The maximum Gasteiger partial charge on any atom is 0.347 e. The summed E-state index contributed by atoms with van der Waals surface area (Å²) in [6.45, 7) is 0. The van der Waals surface area contributed by atoms with Crippen molar-refractivity contribution >= 4 is 39.7 Å². The highest BCUT2D eigenvalue weighted by molar-refractivity contribution is 9.10. The summed E-state index contributed by atoms with van der Waals surface area (Å²) >= 11 is 13.9. The first kappa shape index (κ1) is 11.6. The molecule has 0 aliphatic carbocycles. The normalized spacial score (nSPS) is 10.7. The van der Waals surface area contributed by atoms with Crippen LogP contribution >= 0.6 is 39.7 Å². The Morgan fingerprint density at radius 3 is 2.62 bits per heavy atom. The molecule has 2 rings (SSSR count). The number of hydrogen-bond acceptors (Lipinski definition) is 2. The fourth-order valence-electron chi connectivity index (χ4n) is 1.26. The molecule has 4 nitrogen and oxygen atoms in total. The molecule has 0 aliphatic heterocycles. The molecule has 2 N–H and O–H groups in total. The zero-order valence-corrected chi connectivity index (χ0v) is 10.7. The second-order valence-electron chi connectivity index (χ2n) is 2.91. The lowest BCUT2D eigenvalue weighted by molar-refractivity contribution is 0.626. The molecular weight excluding hydrogens is 321 g/mol. The van der Waals surface area contributed by atoms with E-state index in [1.165, 1.54) is 6.07 Å².